The number of amides is 1. The first-order valence-corrected chi connectivity index (χ1v) is 8.74. The molecule has 3 rings (SSSR count). The van der Waals surface area contributed by atoms with Gasteiger partial charge in [-0.3, -0.25) is 9.59 Å². The van der Waals surface area contributed by atoms with Gasteiger partial charge in [0, 0.05) is 36.5 Å². The number of aromatic nitrogens is 1. The summed E-state index contributed by atoms with van der Waals surface area (Å²) in [6.45, 7) is 1.43. The normalized spacial score (nSPS) is 16.7. The lowest BCUT2D eigenvalue weighted by molar-refractivity contribution is -0.145. The van der Waals surface area contributed by atoms with Crippen LogP contribution in [0.2, 0.25) is 5.02 Å². The molecule has 134 valence electrons. The lowest BCUT2D eigenvalue weighted by Gasteiger charge is -2.27. The molecule has 1 aliphatic rings. The van der Waals surface area contributed by atoms with Crippen molar-refractivity contribution in [2.45, 2.75) is 19.4 Å². The molecule has 0 aliphatic carbocycles. The van der Waals surface area contributed by atoms with Gasteiger partial charge in [0.25, 0.3) is 0 Å². The number of carboxylic acid groups (broad SMARTS) is 1. The van der Waals surface area contributed by atoms with Crippen molar-refractivity contribution in [3.8, 4) is 0 Å². The molecular weight excluding hydrogens is 344 g/mol. The summed E-state index contributed by atoms with van der Waals surface area (Å²) < 4.78 is 7.09. The third-order valence-corrected chi connectivity index (χ3v) is 4.96. The molecule has 0 saturated carbocycles. The van der Waals surface area contributed by atoms with Gasteiger partial charge in [-0.1, -0.05) is 17.7 Å². The molecule has 6 nitrogen and oxygen atoms in total. The van der Waals surface area contributed by atoms with Crippen molar-refractivity contribution in [1.29, 1.82) is 0 Å². The van der Waals surface area contributed by atoms with Crippen LogP contribution in [0.3, 0.4) is 0 Å². The highest BCUT2D eigenvalue weighted by molar-refractivity contribution is 6.31. The minimum Gasteiger partial charge on any atom is -0.481 e. The Kier molecular flexibility index (Phi) is 5.60. The first-order chi connectivity index (χ1) is 12.0. The SMILES string of the molecule is O=C(Cn1ccc2ccc(Cl)cc21)NCC(C(=O)O)C1CCOCC1. The number of fused-ring (bicyclic) bond motifs is 1. The van der Waals surface area contributed by atoms with Gasteiger partial charge >= 0.3 is 5.97 Å². The maximum absolute atomic E-state index is 12.3. The van der Waals surface area contributed by atoms with Crippen LogP contribution in [0.5, 0.6) is 0 Å². The quantitative estimate of drug-likeness (QED) is 0.825. The molecule has 1 aromatic heterocycles. The highest BCUT2D eigenvalue weighted by atomic mass is 35.5. The van der Waals surface area contributed by atoms with Crippen LogP contribution < -0.4 is 5.32 Å². The molecule has 1 atom stereocenters. The number of carbonyl (C=O) groups is 2. The van der Waals surface area contributed by atoms with Gasteiger partial charge in [0.05, 0.1) is 5.92 Å². The minimum atomic E-state index is -0.870. The maximum atomic E-state index is 12.3. The van der Waals surface area contributed by atoms with E-state index in [0.717, 1.165) is 10.9 Å². The first kappa shape index (κ1) is 17.8. The van der Waals surface area contributed by atoms with Crippen LogP contribution in [0.15, 0.2) is 30.5 Å². The summed E-state index contributed by atoms with van der Waals surface area (Å²) in [6, 6.07) is 7.44. The molecule has 1 aromatic carbocycles. The zero-order chi connectivity index (χ0) is 17.8. The molecule has 0 spiro atoms. The molecule has 7 heteroatoms. The summed E-state index contributed by atoms with van der Waals surface area (Å²) in [5.41, 5.74) is 0.877. The van der Waals surface area contributed by atoms with Gasteiger partial charge in [-0.25, -0.2) is 0 Å². The van der Waals surface area contributed by atoms with Crippen molar-refractivity contribution >= 4 is 34.4 Å². The Morgan fingerprint density at radius 3 is 2.80 bits per heavy atom. The zero-order valence-electron chi connectivity index (χ0n) is 13.8. The van der Waals surface area contributed by atoms with Gasteiger partial charge in [-0.15, -0.1) is 0 Å². The van der Waals surface area contributed by atoms with Crippen LogP contribution in [-0.4, -0.2) is 41.3 Å². The summed E-state index contributed by atoms with van der Waals surface area (Å²) in [7, 11) is 0. The van der Waals surface area contributed by atoms with Gasteiger partial charge in [0.2, 0.25) is 5.91 Å². The summed E-state index contributed by atoms with van der Waals surface area (Å²) in [4.78, 5) is 23.8. The Morgan fingerprint density at radius 1 is 1.32 bits per heavy atom. The summed E-state index contributed by atoms with van der Waals surface area (Å²) in [6.07, 6.45) is 3.26. The van der Waals surface area contributed by atoms with Gasteiger partial charge in [0.15, 0.2) is 0 Å². The number of ether oxygens (including phenoxy) is 1. The zero-order valence-corrected chi connectivity index (χ0v) is 14.5. The van der Waals surface area contributed by atoms with Crippen molar-refractivity contribution in [2.75, 3.05) is 19.8 Å². The molecule has 2 N–H and O–H groups in total. The van der Waals surface area contributed by atoms with E-state index in [1.807, 2.05) is 24.4 Å². The average molecular weight is 365 g/mol. The highest BCUT2D eigenvalue weighted by Gasteiger charge is 2.30. The van der Waals surface area contributed by atoms with E-state index in [9.17, 15) is 14.7 Å². The number of nitrogens with zero attached hydrogens (tertiary/aromatic N) is 1. The van der Waals surface area contributed by atoms with Crippen LogP contribution in [0.25, 0.3) is 10.9 Å². The molecule has 0 radical (unpaired) electrons. The third kappa shape index (κ3) is 4.32. The Bertz CT molecular complexity index is 768. The van der Waals surface area contributed by atoms with E-state index >= 15 is 0 Å². The van der Waals surface area contributed by atoms with Crippen LogP contribution in [0, 0.1) is 11.8 Å². The summed E-state index contributed by atoms with van der Waals surface area (Å²) in [5, 5.41) is 13.8. The fourth-order valence-electron chi connectivity index (χ4n) is 3.30. The number of hydrogen-bond donors (Lipinski definition) is 2. The van der Waals surface area contributed by atoms with E-state index in [4.69, 9.17) is 16.3 Å². The van der Waals surface area contributed by atoms with E-state index < -0.39 is 11.9 Å². The molecule has 1 aliphatic heterocycles. The Hall–Kier alpha value is -2.05. The lowest BCUT2D eigenvalue weighted by atomic mass is 9.86. The smallest absolute Gasteiger partial charge is 0.308 e. The maximum Gasteiger partial charge on any atom is 0.308 e. The Labute approximate surface area is 150 Å². The van der Waals surface area contributed by atoms with Crippen molar-refractivity contribution in [1.82, 2.24) is 9.88 Å². The largest absolute Gasteiger partial charge is 0.481 e. The minimum absolute atomic E-state index is 0.0396. The standard InChI is InChI=1S/C18H21ClN2O4/c19-14-2-1-13-3-6-21(16(13)9-14)11-17(22)20-10-15(18(23)24)12-4-7-25-8-5-12/h1-3,6,9,12,15H,4-5,7-8,10-11H2,(H,20,22)(H,23,24). The van der Waals surface area contributed by atoms with Gasteiger partial charge in [0.1, 0.15) is 6.54 Å². The van der Waals surface area contributed by atoms with E-state index in [1.54, 1.807) is 10.6 Å². The molecule has 25 heavy (non-hydrogen) atoms. The van der Waals surface area contributed by atoms with Gasteiger partial charge in [-0.05, 0) is 42.3 Å². The molecule has 1 saturated heterocycles. The summed E-state index contributed by atoms with van der Waals surface area (Å²) in [5.74, 6) is -1.62. The van der Waals surface area contributed by atoms with Crippen molar-refractivity contribution in [3.63, 3.8) is 0 Å². The topological polar surface area (TPSA) is 80.6 Å². The van der Waals surface area contributed by atoms with E-state index in [-0.39, 0.29) is 24.9 Å². The summed E-state index contributed by atoms with van der Waals surface area (Å²) >= 11 is 6.02. The number of carbonyl (C=O) groups excluding carboxylic acids is 1. The second kappa shape index (κ2) is 7.89. The van der Waals surface area contributed by atoms with Crippen LogP contribution in [-0.2, 0) is 20.9 Å². The number of benzene rings is 1. The van der Waals surface area contributed by atoms with Gasteiger partial charge < -0.3 is 19.7 Å². The number of carboxylic acids is 1. The number of rotatable bonds is 6. The number of hydrogen-bond acceptors (Lipinski definition) is 3. The second-order valence-corrected chi connectivity index (χ2v) is 6.78. The number of nitrogens with one attached hydrogen (secondary N) is 1. The number of halogens is 1. The van der Waals surface area contributed by atoms with E-state index in [2.05, 4.69) is 5.32 Å². The molecular formula is C18H21ClN2O4. The van der Waals surface area contributed by atoms with Crippen molar-refractivity contribution in [3.05, 3.63) is 35.5 Å². The third-order valence-electron chi connectivity index (χ3n) is 4.72. The lowest BCUT2D eigenvalue weighted by Crippen LogP contribution is -2.39. The molecule has 2 aromatic rings. The van der Waals surface area contributed by atoms with Gasteiger partial charge in [-0.2, -0.15) is 0 Å². The van der Waals surface area contributed by atoms with Crippen LogP contribution in [0.4, 0.5) is 0 Å². The monoisotopic (exact) mass is 364 g/mol. The van der Waals surface area contributed by atoms with Crippen molar-refractivity contribution in [2.24, 2.45) is 11.8 Å². The van der Waals surface area contributed by atoms with Crippen molar-refractivity contribution < 1.29 is 19.4 Å². The van der Waals surface area contributed by atoms with Crippen LogP contribution in [0.1, 0.15) is 12.8 Å². The average Bonchev–Trinajstić information content (AvgIpc) is 2.98. The second-order valence-electron chi connectivity index (χ2n) is 6.35. The molecule has 1 amide bonds. The molecule has 0 bridgehead atoms. The number of aliphatic carboxylic acids is 1. The molecule has 1 fully saturated rings. The predicted octanol–water partition coefficient (Wildman–Crippen LogP) is 2.54. The Balaban J connectivity index is 1.61. The van der Waals surface area contributed by atoms with Crippen LogP contribution >= 0.6 is 11.6 Å². The molecule has 2 heterocycles. The molecule has 1 unspecified atom stereocenters. The highest BCUT2D eigenvalue weighted by Crippen LogP contribution is 2.24. The Morgan fingerprint density at radius 2 is 2.08 bits per heavy atom. The fraction of sp³-hybridized carbons (Fsp3) is 0.444. The van der Waals surface area contributed by atoms with E-state index in [1.165, 1.54) is 0 Å². The first-order valence-electron chi connectivity index (χ1n) is 8.36. The van der Waals surface area contributed by atoms with E-state index in [0.29, 0.717) is 31.1 Å². The predicted molar refractivity (Wildman–Crippen MR) is 94.6 cm³/mol. The fourth-order valence-corrected chi connectivity index (χ4v) is 3.47.